The Kier molecular flexibility index (Phi) is 2.86. The van der Waals surface area contributed by atoms with E-state index < -0.39 is 5.97 Å². The van der Waals surface area contributed by atoms with E-state index in [1.807, 2.05) is 0 Å². The number of hydrogen-bond donors (Lipinski definition) is 1. The quantitative estimate of drug-likeness (QED) is 0.858. The van der Waals surface area contributed by atoms with Gasteiger partial charge in [0.15, 0.2) is 5.16 Å². The predicted molar refractivity (Wildman–Crippen MR) is 56.3 cm³/mol. The fourth-order valence-corrected chi connectivity index (χ4v) is 1.82. The number of carbonyl (C=O) groups is 1. The molecule has 0 atom stereocenters. The first-order chi connectivity index (χ1) is 7.66. The number of pyridine rings is 1. The molecule has 2 rings (SSSR count). The summed E-state index contributed by atoms with van der Waals surface area (Å²) in [7, 11) is 1.76. The average Bonchev–Trinajstić information content (AvgIpc) is 2.65. The Morgan fingerprint density at radius 2 is 2.31 bits per heavy atom. The molecule has 0 spiro atoms. The van der Waals surface area contributed by atoms with E-state index in [4.69, 9.17) is 5.11 Å². The van der Waals surface area contributed by atoms with Crippen molar-refractivity contribution in [2.75, 3.05) is 0 Å². The van der Waals surface area contributed by atoms with E-state index in [-0.39, 0.29) is 5.69 Å². The van der Waals surface area contributed by atoms with Crippen LogP contribution in [0.5, 0.6) is 0 Å². The van der Waals surface area contributed by atoms with Gasteiger partial charge in [-0.1, -0.05) is 6.07 Å². The lowest BCUT2D eigenvalue weighted by Crippen LogP contribution is -2.00. The van der Waals surface area contributed by atoms with Gasteiger partial charge in [0.1, 0.15) is 17.0 Å². The molecule has 2 aromatic heterocycles. The first-order valence-corrected chi connectivity index (χ1v) is 5.20. The maximum atomic E-state index is 10.7. The molecule has 0 aliphatic rings. The van der Waals surface area contributed by atoms with E-state index in [0.717, 1.165) is 0 Å². The third-order valence-corrected chi connectivity index (χ3v) is 2.80. The van der Waals surface area contributed by atoms with Crippen molar-refractivity contribution in [3.8, 4) is 0 Å². The first-order valence-electron chi connectivity index (χ1n) is 4.39. The van der Waals surface area contributed by atoms with Crippen LogP contribution in [0.4, 0.5) is 0 Å². The highest BCUT2D eigenvalue weighted by Crippen LogP contribution is 2.22. The van der Waals surface area contributed by atoms with E-state index in [0.29, 0.717) is 10.2 Å². The van der Waals surface area contributed by atoms with Crippen LogP contribution in [0.15, 0.2) is 34.7 Å². The first kappa shape index (κ1) is 10.6. The summed E-state index contributed by atoms with van der Waals surface area (Å²) in [5.74, 6) is -1.04. The standard InChI is InChI=1S/C9H8N4O2S/c1-13-9(10-5-11-13)16-7-4-2-3-6(12-7)8(14)15/h2-5H,1H3,(H,14,15). The molecule has 0 aromatic carbocycles. The van der Waals surface area contributed by atoms with Crippen LogP contribution in [0.3, 0.4) is 0 Å². The molecule has 7 heteroatoms. The van der Waals surface area contributed by atoms with Gasteiger partial charge >= 0.3 is 5.97 Å². The number of aryl methyl sites for hydroxylation is 1. The molecule has 0 bridgehead atoms. The Morgan fingerprint density at radius 3 is 2.94 bits per heavy atom. The Bertz CT molecular complexity index is 526. The van der Waals surface area contributed by atoms with Crippen molar-refractivity contribution in [1.29, 1.82) is 0 Å². The summed E-state index contributed by atoms with van der Waals surface area (Å²) < 4.78 is 1.60. The SMILES string of the molecule is Cn1ncnc1Sc1cccc(C(=O)O)n1. The summed E-state index contributed by atoms with van der Waals surface area (Å²) in [5, 5.41) is 13.9. The van der Waals surface area contributed by atoms with Gasteiger partial charge in [0.05, 0.1) is 0 Å². The van der Waals surface area contributed by atoms with Crippen molar-refractivity contribution in [3.63, 3.8) is 0 Å². The topological polar surface area (TPSA) is 80.9 Å². The fourth-order valence-electron chi connectivity index (χ4n) is 1.06. The zero-order chi connectivity index (χ0) is 11.5. The molecule has 0 radical (unpaired) electrons. The van der Waals surface area contributed by atoms with Crippen LogP contribution in [0.2, 0.25) is 0 Å². The molecule has 2 heterocycles. The van der Waals surface area contributed by atoms with Gasteiger partial charge in [0.25, 0.3) is 0 Å². The summed E-state index contributed by atoms with van der Waals surface area (Å²) in [6.45, 7) is 0. The second kappa shape index (κ2) is 4.31. The predicted octanol–water partition coefficient (Wildman–Crippen LogP) is 1.06. The maximum absolute atomic E-state index is 10.7. The Balaban J connectivity index is 2.25. The Hall–Kier alpha value is -1.89. The lowest BCUT2D eigenvalue weighted by Gasteiger charge is -2.00. The van der Waals surface area contributed by atoms with E-state index >= 15 is 0 Å². The van der Waals surface area contributed by atoms with Gasteiger partial charge in [0, 0.05) is 7.05 Å². The van der Waals surface area contributed by atoms with Gasteiger partial charge in [-0.3, -0.25) is 0 Å². The molecule has 1 N–H and O–H groups in total. The largest absolute Gasteiger partial charge is 0.477 e. The van der Waals surface area contributed by atoms with E-state index in [9.17, 15) is 4.79 Å². The van der Waals surface area contributed by atoms with Gasteiger partial charge < -0.3 is 5.11 Å². The number of carboxylic acids is 1. The van der Waals surface area contributed by atoms with Crippen LogP contribution < -0.4 is 0 Å². The molecule has 0 amide bonds. The van der Waals surface area contributed by atoms with Crippen LogP contribution >= 0.6 is 11.8 Å². The van der Waals surface area contributed by atoms with Gasteiger partial charge in [-0.25, -0.2) is 19.4 Å². The van der Waals surface area contributed by atoms with Gasteiger partial charge in [-0.05, 0) is 23.9 Å². The van der Waals surface area contributed by atoms with E-state index in [2.05, 4.69) is 15.1 Å². The van der Waals surface area contributed by atoms with Crippen LogP contribution in [0.1, 0.15) is 10.5 Å². The number of nitrogens with zero attached hydrogens (tertiary/aromatic N) is 4. The highest BCUT2D eigenvalue weighted by Gasteiger charge is 2.08. The number of rotatable bonds is 3. The van der Waals surface area contributed by atoms with Gasteiger partial charge in [-0.15, -0.1) is 0 Å². The smallest absolute Gasteiger partial charge is 0.354 e. The van der Waals surface area contributed by atoms with E-state index in [1.54, 1.807) is 23.9 Å². The van der Waals surface area contributed by atoms with Crippen molar-refractivity contribution in [3.05, 3.63) is 30.2 Å². The molecule has 0 aliphatic heterocycles. The summed E-state index contributed by atoms with van der Waals surface area (Å²) >= 11 is 1.27. The molecule has 82 valence electrons. The summed E-state index contributed by atoms with van der Waals surface area (Å²) in [4.78, 5) is 18.7. The third kappa shape index (κ3) is 2.19. The van der Waals surface area contributed by atoms with Crippen LogP contribution in [0, 0.1) is 0 Å². The van der Waals surface area contributed by atoms with Crippen LogP contribution in [-0.2, 0) is 7.05 Å². The summed E-state index contributed by atoms with van der Waals surface area (Å²) in [6.07, 6.45) is 1.43. The minimum absolute atomic E-state index is 0.0205. The monoisotopic (exact) mass is 236 g/mol. The number of aromatic carboxylic acids is 1. The number of hydrogen-bond acceptors (Lipinski definition) is 5. The number of carboxylic acid groups (broad SMARTS) is 1. The highest BCUT2D eigenvalue weighted by molar-refractivity contribution is 7.99. The average molecular weight is 236 g/mol. The van der Waals surface area contributed by atoms with Crippen molar-refractivity contribution in [2.24, 2.45) is 7.05 Å². The second-order valence-corrected chi connectivity index (χ2v) is 3.92. The van der Waals surface area contributed by atoms with Crippen molar-refractivity contribution in [2.45, 2.75) is 10.2 Å². The minimum atomic E-state index is -1.04. The zero-order valence-electron chi connectivity index (χ0n) is 8.36. The molecule has 16 heavy (non-hydrogen) atoms. The van der Waals surface area contributed by atoms with Crippen molar-refractivity contribution >= 4 is 17.7 Å². The zero-order valence-corrected chi connectivity index (χ0v) is 9.18. The molecule has 0 saturated carbocycles. The maximum Gasteiger partial charge on any atom is 0.354 e. The molecule has 2 aromatic rings. The molecular formula is C9H8N4O2S. The Labute approximate surface area is 95.3 Å². The Morgan fingerprint density at radius 1 is 1.50 bits per heavy atom. The van der Waals surface area contributed by atoms with Crippen LogP contribution in [-0.4, -0.2) is 30.8 Å². The van der Waals surface area contributed by atoms with Gasteiger partial charge in [0.2, 0.25) is 0 Å². The van der Waals surface area contributed by atoms with Gasteiger partial charge in [-0.2, -0.15) is 5.10 Å². The molecular weight excluding hydrogens is 228 g/mol. The molecule has 0 unspecified atom stereocenters. The fraction of sp³-hybridized carbons (Fsp3) is 0.111. The summed E-state index contributed by atoms with van der Waals surface area (Å²) in [6, 6.07) is 4.82. The number of aromatic nitrogens is 4. The molecule has 0 fully saturated rings. The highest BCUT2D eigenvalue weighted by atomic mass is 32.2. The minimum Gasteiger partial charge on any atom is -0.477 e. The molecule has 6 nitrogen and oxygen atoms in total. The second-order valence-electron chi connectivity index (χ2n) is 2.93. The van der Waals surface area contributed by atoms with Crippen molar-refractivity contribution in [1.82, 2.24) is 19.7 Å². The molecule has 0 saturated heterocycles. The lowest BCUT2D eigenvalue weighted by molar-refractivity contribution is 0.0689. The van der Waals surface area contributed by atoms with Crippen LogP contribution in [0.25, 0.3) is 0 Å². The third-order valence-electron chi connectivity index (χ3n) is 1.81. The molecule has 0 aliphatic carbocycles. The normalized spacial score (nSPS) is 10.3. The van der Waals surface area contributed by atoms with E-state index in [1.165, 1.54) is 24.2 Å². The summed E-state index contributed by atoms with van der Waals surface area (Å²) in [5.41, 5.74) is 0.0205. The lowest BCUT2D eigenvalue weighted by atomic mass is 10.4. The van der Waals surface area contributed by atoms with Crippen molar-refractivity contribution < 1.29 is 9.90 Å².